The van der Waals surface area contributed by atoms with Crippen molar-refractivity contribution in [2.75, 3.05) is 11.9 Å². The van der Waals surface area contributed by atoms with Crippen LogP contribution in [0.25, 0.3) is 10.2 Å². The van der Waals surface area contributed by atoms with Crippen LogP contribution in [-0.2, 0) is 4.79 Å². The normalized spacial score (nSPS) is 11.8. The Bertz CT molecular complexity index is 620. The zero-order valence-electron chi connectivity index (χ0n) is 11.9. The predicted molar refractivity (Wildman–Crippen MR) is 81.3 cm³/mol. The average molecular weight is 293 g/mol. The summed E-state index contributed by atoms with van der Waals surface area (Å²) in [6.45, 7) is 6.20. The second-order valence-electron chi connectivity index (χ2n) is 4.96. The van der Waals surface area contributed by atoms with Crippen molar-refractivity contribution < 1.29 is 9.90 Å². The maximum Gasteiger partial charge on any atom is 0.311 e. The Balaban J connectivity index is 2.26. The summed E-state index contributed by atoms with van der Waals surface area (Å²) >= 11 is 1.58. The first-order chi connectivity index (χ1) is 9.54. The van der Waals surface area contributed by atoms with E-state index in [0.717, 1.165) is 21.6 Å². The Labute approximate surface area is 122 Å². The van der Waals surface area contributed by atoms with Gasteiger partial charge in [-0.1, -0.05) is 13.8 Å². The van der Waals surface area contributed by atoms with Gasteiger partial charge in [0, 0.05) is 6.54 Å². The second-order valence-corrected chi connectivity index (χ2v) is 5.84. The van der Waals surface area contributed by atoms with Crippen LogP contribution >= 0.6 is 11.3 Å². The molecule has 5 nitrogen and oxygen atoms in total. The summed E-state index contributed by atoms with van der Waals surface area (Å²) in [4.78, 5) is 20.0. The van der Waals surface area contributed by atoms with E-state index in [1.165, 1.54) is 6.33 Å². The molecule has 2 heterocycles. The van der Waals surface area contributed by atoms with Crippen LogP contribution in [0.5, 0.6) is 0 Å². The first-order valence-electron chi connectivity index (χ1n) is 6.70. The van der Waals surface area contributed by atoms with Crippen molar-refractivity contribution in [2.45, 2.75) is 33.6 Å². The molecule has 0 radical (unpaired) electrons. The van der Waals surface area contributed by atoms with Crippen LogP contribution in [0.15, 0.2) is 11.7 Å². The van der Waals surface area contributed by atoms with Gasteiger partial charge in [-0.15, -0.1) is 11.3 Å². The molecule has 0 aliphatic carbocycles. The van der Waals surface area contributed by atoms with Gasteiger partial charge in [-0.25, -0.2) is 9.97 Å². The van der Waals surface area contributed by atoms with Crippen molar-refractivity contribution >= 4 is 33.3 Å². The molecule has 0 unspecified atom stereocenters. The Kier molecular flexibility index (Phi) is 4.23. The Hall–Kier alpha value is -1.69. The lowest BCUT2D eigenvalue weighted by molar-refractivity contribution is -0.148. The molecule has 0 aliphatic heterocycles. The third kappa shape index (κ3) is 2.47. The average Bonchev–Trinajstić information content (AvgIpc) is 2.83. The molecule has 0 saturated heterocycles. The van der Waals surface area contributed by atoms with Gasteiger partial charge in [0.2, 0.25) is 0 Å². The molecule has 0 fully saturated rings. The van der Waals surface area contributed by atoms with Crippen LogP contribution in [0.3, 0.4) is 0 Å². The standard InChI is InChI=1S/C14H19N3O2S/c1-4-14(5-2,13(18)19)7-15-12-11-10(16-8-17-12)9(3)6-20-11/h6,8H,4-5,7H2,1-3H3,(H,18,19)(H,15,16,17). The van der Waals surface area contributed by atoms with Crippen LogP contribution in [0.4, 0.5) is 5.82 Å². The van der Waals surface area contributed by atoms with Crippen LogP contribution in [0, 0.1) is 12.3 Å². The van der Waals surface area contributed by atoms with Gasteiger partial charge in [-0.05, 0) is 30.7 Å². The number of nitrogens with one attached hydrogen (secondary N) is 1. The SMILES string of the molecule is CCC(CC)(CNc1ncnc2c(C)csc12)C(=O)O. The lowest BCUT2D eigenvalue weighted by atomic mass is 9.82. The molecular weight excluding hydrogens is 274 g/mol. The van der Waals surface area contributed by atoms with Crippen molar-refractivity contribution in [3.63, 3.8) is 0 Å². The van der Waals surface area contributed by atoms with Gasteiger partial charge in [0.25, 0.3) is 0 Å². The van der Waals surface area contributed by atoms with Gasteiger partial charge in [-0.3, -0.25) is 4.79 Å². The van der Waals surface area contributed by atoms with E-state index >= 15 is 0 Å². The summed E-state index contributed by atoms with van der Waals surface area (Å²) in [6.07, 6.45) is 2.69. The van der Waals surface area contributed by atoms with Crippen LogP contribution < -0.4 is 5.32 Å². The van der Waals surface area contributed by atoms with Gasteiger partial charge in [0.15, 0.2) is 0 Å². The zero-order chi connectivity index (χ0) is 14.8. The minimum atomic E-state index is -0.761. The fraction of sp³-hybridized carbons (Fsp3) is 0.500. The number of anilines is 1. The maximum absolute atomic E-state index is 11.5. The number of nitrogens with zero attached hydrogens (tertiary/aromatic N) is 2. The van der Waals surface area contributed by atoms with Crippen molar-refractivity contribution in [1.82, 2.24) is 9.97 Å². The fourth-order valence-electron chi connectivity index (χ4n) is 2.23. The fourth-order valence-corrected chi connectivity index (χ4v) is 3.19. The molecule has 2 N–H and O–H groups in total. The number of hydrogen-bond donors (Lipinski definition) is 2. The largest absolute Gasteiger partial charge is 0.481 e. The quantitative estimate of drug-likeness (QED) is 0.854. The van der Waals surface area contributed by atoms with E-state index < -0.39 is 11.4 Å². The highest BCUT2D eigenvalue weighted by atomic mass is 32.1. The topological polar surface area (TPSA) is 75.1 Å². The summed E-state index contributed by atoms with van der Waals surface area (Å²) in [5.41, 5.74) is 1.30. The summed E-state index contributed by atoms with van der Waals surface area (Å²) in [6, 6.07) is 0. The molecule has 2 aromatic rings. The van der Waals surface area contributed by atoms with E-state index in [2.05, 4.69) is 15.3 Å². The second kappa shape index (κ2) is 5.75. The van der Waals surface area contributed by atoms with Crippen molar-refractivity contribution in [3.8, 4) is 0 Å². The molecule has 20 heavy (non-hydrogen) atoms. The molecule has 0 amide bonds. The minimum Gasteiger partial charge on any atom is -0.481 e. The molecule has 0 spiro atoms. The summed E-state index contributed by atoms with van der Waals surface area (Å²) in [5.74, 6) is -0.0386. The van der Waals surface area contributed by atoms with Crippen molar-refractivity contribution in [2.24, 2.45) is 5.41 Å². The van der Waals surface area contributed by atoms with E-state index in [9.17, 15) is 9.90 Å². The third-order valence-corrected chi connectivity index (χ3v) is 5.03. The highest BCUT2D eigenvalue weighted by molar-refractivity contribution is 7.18. The summed E-state index contributed by atoms with van der Waals surface area (Å²) in [5, 5.41) is 14.7. The van der Waals surface area contributed by atoms with Gasteiger partial charge >= 0.3 is 5.97 Å². The van der Waals surface area contributed by atoms with Gasteiger partial charge in [0.05, 0.1) is 15.6 Å². The molecule has 0 aromatic carbocycles. The van der Waals surface area contributed by atoms with Crippen molar-refractivity contribution in [3.05, 3.63) is 17.3 Å². The van der Waals surface area contributed by atoms with E-state index in [0.29, 0.717) is 19.4 Å². The summed E-state index contributed by atoms with van der Waals surface area (Å²) in [7, 11) is 0. The van der Waals surface area contributed by atoms with Crippen LogP contribution in [-0.4, -0.2) is 27.6 Å². The predicted octanol–water partition coefficient (Wildman–Crippen LogP) is 3.30. The molecule has 108 valence electrons. The van der Waals surface area contributed by atoms with Gasteiger partial charge in [-0.2, -0.15) is 0 Å². The lowest BCUT2D eigenvalue weighted by Crippen LogP contribution is -2.37. The molecule has 2 aromatic heterocycles. The van der Waals surface area contributed by atoms with E-state index in [1.807, 2.05) is 26.2 Å². The lowest BCUT2D eigenvalue weighted by Gasteiger charge is -2.27. The molecule has 0 atom stereocenters. The number of carbonyl (C=O) groups is 1. The Morgan fingerprint density at radius 2 is 2.10 bits per heavy atom. The first kappa shape index (κ1) is 14.7. The number of rotatable bonds is 6. The maximum atomic E-state index is 11.5. The smallest absolute Gasteiger partial charge is 0.311 e. The number of aromatic nitrogens is 2. The number of carboxylic acids is 1. The van der Waals surface area contributed by atoms with Gasteiger partial charge < -0.3 is 10.4 Å². The molecule has 0 bridgehead atoms. The minimum absolute atomic E-state index is 0.373. The highest BCUT2D eigenvalue weighted by Gasteiger charge is 2.34. The van der Waals surface area contributed by atoms with E-state index in [-0.39, 0.29) is 0 Å². The molecule has 6 heteroatoms. The number of hydrogen-bond acceptors (Lipinski definition) is 5. The van der Waals surface area contributed by atoms with E-state index in [1.54, 1.807) is 11.3 Å². The molecule has 0 saturated carbocycles. The molecular formula is C14H19N3O2S. The number of aryl methyl sites for hydroxylation is 1. The zero-order valence-corrected chi connectivity index (χ0v) is 12.8. The van der Waals surface area contributed by atoms with Crippen LogP contribution in [0.1, 0.15) is 32.3 Å². The number of fused-ring (bicyclic) bond motifs is 1. The van der Waals surface area contributed by atoms with Crippen molar-refractivity contribution in [1.29, 1.82) is 0 Å². The van der Waals surface area contributed by atoms with E-state index in [4.69, 9.17) is 0 Å². The monoisotopic (exact) mass is 293 g/mol. The highest BCUT2D eigenvalue weighted by Crippen LogP contribution is 2.31. The first-order valence-corrected chi connectivity index (χ1v) is 7.58. The Morgan fingerprint density at radius 1 is 1.40 bits per heavy atom. The number of thiophene rings is 1. The summed E-state index contributed by atoms with van der Waals surface area (Å²) < 4.78 is 0.983. The number of carboxylic acid groups (broad SMARTS) is 1. The third-order valence-electron chi connectivity index (χ3n) is 3.93. The van der Waals surface area contributed by atoms with Crippen LogP contribution in [0.2, 0.25) is 0 Å². The Morgan fingerprint density at radius 3 is 2.70 bits per heavy atom. The molecule has 2 rings (SSSR count). The van der Waals surface area contributed by atoms with Gasteiger partial charge in [0.1, 0.15) is 12.1 Å². The molecule has 0 aliphatic rings. The number of aliphatic carboxylic acids is 1.